The quantitative estimate of drug-likeness (QED) is 0.694. The van der Waals surface area contributed by atoms with Crippen LogP contribution >= 0.6 is 0 Å². The van der Waals surface area contributed by atoms with Crippen LogP contribution in [0.2, 0.25) is 0 Å². The molecule has 0 aromatic heterocycles. The van der Waals surface area contributed by atoms with Gasteiger partial charge in [-0.2, -0.15) is 0 Å². The van der Waals surface area contributed by atoms with Gasteiger partial charge in [0.25, 0.3) is 11.8 Å². The van der Waals surface area contributed by atoms with Gasteiger partial charge in [0.15, 0.2) is 0 Å². The van der Waals surface area contributed by atoms with Crippen molar-refractivity contribution in [3.63, 3.8) is 0 Å². The molecule has 2 aliphatic carbocycles. The van der Waals surface area contributed by atoms with E-state index < -0.39 is 0 Å². The van der Waals surface area contributed by atoms with Crippen molar-refractivity contribution < 1.29 is 9.59 Å². The normalized spacial score (nSPS) is 37.9. The fraction of sp³-hybridized carbons (Fsp3) is 0.600. The van der Waals surface area contributed by atoms with Gasteiger partial charge in [-0.15, -0.1) is 0 Å². The lowest BCUT2D eigenvalue weighted by atomic mass is 9.90. The molecule has 2 saturated carbocycles. The number of nitrogens with one attached hydrogen (secondary N) is 2. The van der Waals surface area contributed by atoms with Gasteiger partial charge in [-0.3, -0.25) is 25.1 Å². The van der Waals surface area contributed by atoms with E-state index in [9.17, 15) is 9.59 Å². The molecule has 0 spiro atoms. The molecule has 1 aromatic carbocycles. The second kappa shape index (κ2) is 7.06. The van der Waals surface area contributed by atoms with Crippen LogP contribution in [0.15, 0.2) is 41.7 Å². The Kier molecular flexibility index (Phi) is 4.22. The largest absolute Gasteiger partial charge is 0.342 e. The second-order valence-electron chi connectivity index (χ2n) is 10.3. The van der Waals surface area contributed by atoms with E-state index in [0.29, 0.717) is 42.1 Å². The summed E-state index contributed by atoms with van der Waals surface area (Å²) in [5, 5.41) is 7.79. The van der Waals surface area contributed by atoms with Gasteiger partial charge in [0.05, 0.1) is 6.54 Å². The molecule has 0 bridgehead atoms. The topological polar surface area (TPSA) is 67.9 Å². The third-order valence-electron chi connectivity index (χ3n) is 8.66. The van der Waals surface area contributed by atoms with Gasteiger partial charge >= 0.3 is 0 Å². The highest BCUT2D eigenvalue weighted by molar-refractivity contribution is 6.19. The Morgan fingerprint density at radius 1 is 0.719 bits per heavy atom. The summed E-state index contributed by atoms with van der Waals surface area (Å²) >= 11 is 0. The molecule has 2 amide bonds. The van der Waals surface area contributed by atoms with E-state index in [0.717, 1.165) is 31.2 Å². The Morgan fingerprint density at radius 3 is 1.75 bits per heavy atom. The molecular weight excluding hydrogens is 402 g/mol. The number of hydrogen-bond donors (Lipinski definition) is 2. The van der Waals surface area contributed by atoms with Gasteiger partial charge < -0.3 is 9.80 Å². The molecule has 168 valence electrons. The number of benzene rings is 1. The number of nitrogens with zero attached hydrogens (tertiary/aromatic N) is 3. The number of rotatable bonds is 2. The van der Waals surface area contributed by atoms with Gasteiger partial charge in [-0.05, 0) is 31.2 Å². The molecule has 7 nitrogen and oxygen atoms in total. The van der Waals surface area contributed by atoms with E-state index in [1.165, 1.54) is 30.6 Å². The maximum Gasteiger partial charge on any atom is 0.279 e. The third-order valence-corrected chi connectivity index (χ3v) is 8.66. The van der Waals surface area contributed by atoms with Gasteiger partial charge in [0.2, 0.25) is 0 Å². The minimum atomic E-state index is -0.107. The van der Waals surface area contributed by atoms with Crippen molar-refractivity contribution in [2.24, 2.45) is 0 Å². The summed E-state index contributed by atoms with van der Waals surface area (Å²) < 4.78 is 0. The monoisotopic (exact) mass is 433 g/mol. The molecule has 4 fully saturated rings. The van der Waals surface area contributed by atoms with Crippen LogP contribution in [0.1, 0.15) is 56.9 Å². The minimum Gasteiger partial charge on any atom is -0.342 e. The summed E-state index contributed by atoms with van der Waals surface area (Å²) in [6.45, 7) is 0.339. The third kappa shape index (κ3) is 2.55. The SMILES string of the molecule is O=C1C2=C(C(=O)N1Cc1ccccc1)N1C3CCCCC3NC1C1NC3CCCCC3N21. The molecule has 4 aliphatic heterocycles. The van der Waals surface area contributed by atoms with Crippen LogP contribution in [-0.2, 0) is 16.1 Å². The van der Waals surface area contributed by atoms with Gasteiger partial charge in [0.1, 0.15) is 23.7 Å². The average molecular weight is 434 g/mol. The maximum atomic E-state index is 13.9. The summed E-state index contributed by atoms with van der Waals surface area (Å²) in [4.78, 5) is 33.9. The Hall–Kier alpha value is -2.38. The van der Waals surface area contributed by atoms with Crippen molar-refractivity contribution in [3.05, 3.63) is 47.3 Å². The first-order chi connectivity index (χ1) is 15.7. The average Bonchev–Trinajstić information content (AvgIpc) is 3.46. The van der Waals surface area contributed by atoms with E-state index in [1.807, 2.05) is 30.3 Å². The number of carbonyl (C=O) groups excluding carboxylic acids is 2. The van der Waals surface area contributed by atoms with Gasteiger partial charge in [-0.1, -0.05) is 56.0 Å². The highest BCUT2D eigenvalue weighted by atomic mass is 16.2. The van der Waals surface area contributed by atoms with Crippen LogP contribution in [0.5, 0.6) is 0 Å². The summed E-state index contributed by atoms with van der Waals surface area (Å²) in [6.07, 6.45) is 9.44. The molecule has 7 rings (SSSR count). The number of carbonyl (C=O) groups is 2. The Bertz CT molecular complexity index is 935. The summed E-state index contributed by atoms with van der Waals surface area (Å²) in [5.41, 5.74) is 2.33. The molecule has 6 atom stereocenters. The molecule has 32 heavy (non-hydrogen) atoms. The predicted octanol–water partition coefficient (Wildman–Crippen LogP) is 1.87. The first-order valence-electron chi connectivity index (χ1n) is 12.5. The van der Waals surface area contributed by atoms with Gasteiger partial charge in [-0.25, -0.2) is 0 Å². The minimum absolute atomic E-state index is 0.0564. The Labute approximate surface area is 188 Å². The lowest BCUT2D eigenvalue weighted by molar-refractivity contribution is -0.139. The van der Waals surface area contributed by atoms with Crippen LogP contribution in [-0.4, -0.2) is 63.0 Å². The van der Waals surface area contributed by atoms with E-state index in [4.69, 9.17) is 0 Å². The predicted molar refractivity (Wildman–Crippen MR) is 119 cm³/mol. The number of amides is 2. The zero-order valence-electron chi connectivity index (χ0n) is 18.4. The summed E-state index contributed by atoms with van der Waals surface area (Å²) in [6, 6.07) is 11.3. The molecular formula is C25H31N5O2. The molecule has 4 heterocycles. The fourth-order valence-corrected chi connectivity index (χ4v) is 7.31. The van der Waals surface area contributed by atoms with Gasteiger partial charge in [0, 0.05) is 24.2 Å². The molecule has 2 N–H and O–H groups in total. The zero-order valence-corrected chi connectivity index (χ0v) is 18.4. The molecule has 7 heteroatoms. The summed E-state index contributed by atoms with van der Waals surface area (Å²) in [7, 11) is 0. The summed E-state index contributed by atoms with van der Waals surface area (Å²) in [5.74, 6) is -0.214. The number of fused-ring (bicyclic) bond motifs is 9. The molecule has 6 aliphatic rings. The number of imide groups is 1. The molecule has 1 aromatic rings. The lowest BCUT2D eigenvalue weighted by Crippen LogP contribution is -2.61. The van der Waals surface area contributed by atoms with E-state index in [-0.39, 0.29) is 24.1 Å². The first-order valence-corrected chi connectivity index (χ1v) is 12.5. The fourth-order valence-electron chi connectivity index (χ4n) is 7.31. The number of hydrogen-bond acceptors (Lipinski definition) is 6. The lowest BCUT2D eigenvalue weighted by Gasteiger charge is -2.45. The van der Waals surface area contributed by atoms with Crippen molar-refractivity contribution in [2.75, 3.05) is 0 Å². The highest BCUT2D eigenvalue weighted by Crippen LogP contribution is 2.47. The van der Waals surface area contributed by atoms with E-state index >= 15 is 0 Å². The molecule has 2 saturated heterocycles. The van der Waals surface area contributed by atoms with Crippen LogP contribution < -0.4 is 10.6 Å². The zero-order chi connectivity index (χ0) is 21.4. The standard InChI is InChI=1S/C25H31N5O2/c31-24-20-21(25(32)28(24)14-15-8-2-1-3-9-15)30-19-13-7-5-11-17(19)27-23(30)22-26-16-10-4-6-12-18(16)29(20)22/h1-3,8-9,16-19,22-23,26-27H,4-7,10-14H2. The van der Waals surface area contributed by atoms with Crippen LogP contribution in [0.4, 0.5) is 0 Å². The molecule has 6 unspecified atom stereocenters. The van der Waals surface area contributed by atoms with Crippen molar-refractivity contribution in [1.29, 1.82) is 0 Å². The molecule has 0 radical (unpaired) electrons. The van der Waals surface area contributed by atoms with Crippen LogP contribution in [0, 0.1) is 0 Å². The van der Waals surface area contributed by atoms with E-state index in [2.05, 4.69) is 20.4 Å². The van der Waals surface area contributed by atoms with Crippen molar-refractivity contribution in [3.8, 4) is 0 Å². The van der Waals surface area contributed by atoms with Crippen LogP contribution in [0.25, 0.3) is 0 Å². The van der Waals surface area contributed by atoms with E-state index in [1.54, 1.807) is 0 Å². The Balaban J connectivity index is 1.32. The maximum absolute atomic E-state index is 13.9. The first kappa shape index (κ1) is 19.1. The Morgan fingerprint density at radius 2 is 1.22 bits per heavy atom. The van der Waals surface area contributed by atoms with Crippen molar-refractivity contribution >= 4 is 11.8 Å². The smallest absolute Gasteiger partial charge is 0.279 e. The highest BCUT2D eigenvalue weighted by Gasteiger charge is 2.61. The second-order valence-corrected chi connectivity index (χ2v) is 10.3. The van der Waals surface area contributed by atoms with Crippen molar-refractivity contribution in [2.45, 2.75) is 94.4 Å². The van der Waals surface area contributed by atoms with Crippen molar-refractivity contribution in [1.82, 2.24) is 25.3 Å². The van der Waals surface area contributed by atoms with Crippen LogP contribution in [0.3, 0.4) is 0 Å².